The number of rotatable bonds is 6. The average molecular weight is 420 g/mol. The predicted octanol–water partition coefficient (Wildman–Crippen LogP) is 3.64. The fourth-order valence-electron chi connectivity index (χ4n) is 3.52. The Hall–Kier alpha value is -2.84. The molecule has 2 heterocycles. The number of alkyl halides is 3. The minimum atomic E-state index is -4.56. The number of ether oxygens (including phenoxy) is 1. The lowest BCUT2D eigenvalue weighted by Gasteiger charge is -2.35. The van der Waals surface area contributed by atoms with E-state index in [1.165, 1.54) is 35.9 Å². The quantitative estimate of drug-likeness (QED) is 0.714. The molecule has 0 N–H and O–H groups in total. The summed E-state index contributed by atoms with van der Waals surface area (Å²) in [4.78, 5) is 16.1. The molecule has 1 saturated carbocycles. The van der Waals surface area contributed by atoms with Gasteiger partial charge in [-0.2, -0.15) is 13.2 Å². The van der Waals surface area contributed by atoms with Gasteiger partial charge in [0.25, 0.3) is 5.91 Å². The molecule has 0 spiro atoms. The van der Waals surface area contributed by atoms with Gasteiger partial charge in [-0.25, -0.2) is 0 Å². The van der Waals surface area contributed by atoms with Crippen molar-refractivity contribution >= 4 is 11.7 Å². The summed E-state index contributed by atoms with van der Waals surface area (Å²) in [6.07, 6.45) is -0.961. The summed E-state index contributed by atoms with van der Waals surface area (Å²) in [6, 6.07) is 8.48. The van der Waals surface area contributed by atoms with Gasteiger partial charge < -0.3 is 14.5 Å². The van der Waals surface area contributed by atoms with Crippen LogP contribution in [0.1, 0.15) is 35.2 Å². The van der Waals surface area contributed by atoms with Crippen molar-refractivity contribution in [3.8, 4) is 5.88 Å². The number of carbonyl (C=O) groups is 1. The lowest BCUT2D eigenvalue weighted by atomic mass is 10.1. The van der Waals surface area contributed by atoms with E-state index >= 15 is 0 Å². The van der Waals surface area contributed by atoms with Gasteiger partial charge in [0.1, 0.15) is 0 Å². The van der Waals surface area contributed by atoms with Crippen molar-refractivity contribution in [2.75, 3.05) is 37.7 Å². The van der Waals surface area contributed by atoms with Crippen LogP contribution in [0.5, 0.6) is 5.88 Å². The molecule has 0 atom stereocenters. The van der Waals surface area contributed by atoms with Crippen molar-refractivity contribution in [3.63, 3.8) is 0 Å². The smallest absolute Gasteiger partial charge is 0.417 e. The molecule has 0 unspecified atom stereocenters. The Balaban J connectivity index is 1.33. The third-order valence-electron chi connectivity index (χ3n) is 5.45. The Morgan fingerprint density at radius 3 is 2.40 bits per heavy atom. The second kappa shape index (κ2) is 8.49. The number of halogens is 3. The minimum absolute atomic E-state index is 0.312. The third-order valence-corrected chi connectivity index (χ3v) is 5.45. The van der Waals surface area contributed by atoms with Crippen molar-refractivity contribution in [1.29, 1.82) is 0 Å². The van der Waals surface area contributed by atoms with Crippen molar-refractivity contribution in [2.24, 2.45) is 5.92 Å². The average Bonchev–Trinajstić information content (AvgIpc) is 3.58. The maximum Gasteiger partial charge on any atom is 0.417 e. The highest BCUT2D eigenvalue weighted by molar-refractivity contribution is 5.96. The summed E-state index contributed by atoms with van der Waals surface area (Å²) in [6.45, 7) is 2.20. The second-order valence-electron chi connectivity index (χ2n) is 7.63. The lowest BCUT2D eigenvalue weighted by Crippen LogP contribution is -2.49. The number of benzene rings is 1. The number of amides is 1. The molecular weight excluding hydrogens is 397 g/mol. The Kier molecular flexibility index (Phi) is 5.78. The van der Waals surface area contributed by atoms with E-state index in [1.807, 2.05) is 11.0 Å². The zero-order valence-electron chi connectivity index (χ0n) is 16.4. The molecule has 160 valence electrons. The maximum atomic E-state index is 13.2. The van der Waals surface area contributed by atoms with Gasteiger partial charge >= 0.3 is 6.18 Å². The molecular formula is C21H23F3N4O2. The van der Waals surface area contributed by atoms with Crippen LogP contribution in [0.2, 0.25) is 0 Å². The van der Waals surface area contributed by atoms with Crippen molar-refractivity contribution < 1.29 is 22.7 Å². The number of hydrogen-bond acceptors (Lipinski definition) is 5. The molecule has 6 nitrogen and oxygen atoms in total. The fraction of sp³-hybridized carbons (Fsp3) is 0.476. The van der Waals surface area contributed by atoms with Gasteiger partial charge in [0, 0.05) is 32.2 Å². The largest absolute Gasteiger partial charge is 0.477 e. The van der Waals surface area contributed by atoms with Gasteiger partial charge in [0.15, 0.2) is 5.82 Å². The van der Waals surface area contributed by atoms with Gasteiger partial charge in [0.05, 0.1) is 17.7 Å². The Morgan fingerprint density at radius 1 is 1.03 bits per heavy atom. The molecule has 1 saturated heterocycles. The number of anilines is 1. The zero-order valence-corrected chi connectivity index (χ0v) is 16.4. The van der Waals surface area contributed by atoms with Gasteiger partial charge in [-0.3, -0.25) is 4.79 Å². The number of nitrogens with zero attached hydrogens (tertiary/aromatic N) is 4. The summed E-state index contributed by atoms with van der Waals surface area (Å²) in [5.74, 6) is 1.33. The van der Waals surface area contributed by atoms with Crippen LogP contribution in [0.15, 0.2) is 36.4 Å². The lowest BCUT2D eigenvalue weighted by molar-refractivity contribution is -0.138. The first-order valence-corrected chi connectivity index (χ1v) is 10.1. The standard InChI is InChI=1S/C21H23F3N4O2/c22-21(23,24)17-4-2-1-3-16(17)20(29)28-12-10-27(11-13-28)18-7-8-19(26-25-18)30-14-9-15-5-6-15/h1-4,7-8,15H,5-6,9-14H2. The first kappa shape index (κ1) is 20.4. The normalized spacial score (nSPS) is 17.2. The topological polar surface area (TPSA) is 58.6 Å². The molecule has 30 heavy (non-hydrogen) atoms. The number of piperazine rings is 1. The Bertz CT molecular complexity index is 877. The Morgan fingerprint density at radius 2 is 1.77 bits per heavy atom. The van der Waals surface area contributed by atoms with Gasteiger partial charge in [0.2, 0.25) is 5.88 Å². The first-order valence-electron chi connectivity index (χ1n) is 10.1. The highest BCUT2D eigenvalue weighted by Gasteiger charge is 2.36. The summed E-state index contributed by atoms with van der Waals surface area (Å²) in [5, 5.41) is 8.28. The molecule has 0 bridgehead atoms. The molecule has 0 radical (unpaired) electrons. The first-order chi connectivity index (χ1) is 14.4. The Labute approximate surface area is 172 Å². The summed E-state index contributed by atoms with van der Waals surface area (Å²) in [5.41, 5.74) is -1.22. The highest BCUT2D eigenvalue weighted by atomic mass is 19.4. The van der Waals surface area contributed by atoms with E-state index in [9.17, 15) is 18.0 Å². The van der Waals surface area contributed by atoms with Crippen molar-refractivity contribution in [1.82, 2.24) is 15.1 Å². The number of aromatic nitrogens is 2. The molecule has 4 rings (SSSR count). The molecule has 1 aromatic heterocycles. The molecule has 1 aliphatic carbocycles. The van der Waals surface area contributed by atoms with E-state index in [0.29, 0.717) is 44.5 Å². The van der Waals surface area contributed by atoms with Crippen LogP contribution in [-0.2, 0) is 6.18 Å². The highest BCUT2D eigenvalue weighted by Crippen LogP contribution is 2.33. The van der Waals surface area contributed by atoms with Gasteiger partial charge in [-0.1, -0.05) is 25.0 Å². The van der Waals surface area contributed by atoms with Crippen LogP contribution < -0.4 is 9.64 Å². The minimum Gasteiger partial charge on any atom is -0.477 e. The molecule has 1 aromatic carbocycles. The maximum absolute atomic E-state index is 13.2. The summed E-state index contributed by atoms with van der Waals surface area (Å²) < 4.78 is 45.2. The van der Waals surface area contributed by atoms with E-state index < -0.39 is 17.6 Å². The van der Waals surface area contributed by atoms with Crippen LogP contribution in [-0.4, -0.2) is 53.8 Å². The SMILES string of the molecule is O=C(c1ccccc1C(F)(F)F)N1CCN(c2ccc(OCCC3CC3)nn2)CC1. The molecule has 9 heteroatoms. The van der Waals surface area contributed by atoms with Gasteiger partial charge in [-0.15, -0.1) is 10.2 Å². The summed E-state index contributed by atoms with van der Waals surface area (Å²) in [7, 11) is 0. The summed E-state index contributed by atoms with van der Waals surface area (Å²) >= 11 is 0. The van der Waals surface area contributed by atoms with Crippen LogP contribution in [0.3, 0.4) is 0 Å². The zero-order chi connectivity index (χ0) is 21.1. The van der Waals surface area contributed by atoms with Gasteiger partial charge in [-0.05, 0) is 30.5 Å². The second-order valence-corrected chi connectivity index (χ2v) is 7.63. The van der Waals surface area contributed by atoms with E-state index in [2.05, 4.69) is 10.2 Å². The van der Waals surface area contributed by atoms with E-state index in [-0.39, 0.29) is 5.56 Å². The number of hydrogen-bond donors (Lipinski definition) is 0. The fourth-order valence-corrected chi connectivity index (χ4v) is 3.52. The monoisotopic (exact) mass is 420 g/mol. The predicted molar refractivity (Wildman–Crippen MR) is 104 cm³/mol. The van der Waals surface area contributed by atoms with Crippen LogP contribution in [0.4, 0.5) is 19.0 Å². The molecule has 2 fully saturated rings. The van der Waals surface area contributed by atoms with Crippen molar-refractivity contribution in [3.05, 3.63) is 47.5 Å². The molecule has 1 aliphatic heterocycles. The number of carbonyl (C=O) groups excluding carboxylic acids is 1. The van der Waals surface area contributed by atoms with Crippen LogP contribution >= 0.6 is 0 Å². The van der Waals surface area contributed by atoms with Crippen molar-refractivity contribution in [2.45, 2.75) is 25.4 Å². The van der Waals surface area contributed by atoms with Crippen LogP contribution in [0.25, 0.3) is 0 Å². The third kappa shape index (κ3) is 4.83. The molecule has 2 aromatic rings. The van der Waals surface area contributed by atoms with Crippen LogP contribution in [0, 0.1) is 5.92 Å². The molecule has 1 amide bonds. The van der Waals surface area contributed by atoms with E-state index in [1.54, 1.807) is 6.07 Å². The van der Waals surface area contributed by atoms with E-state index in [4.69, 9.17) is 4.74 Å². The van der Waals surface area contributed by atoms with E-state index in [0.717, 1.165) is 18.4 Å². The molecule has 2 aliphatic rings.